The van der Waals surface area contributed by atoms with Crippen LogP contribution in [0, 0.1) is 0 Å². The summed E-state index contributed by atoms with van der Waals surface area (Å²) >= 11 is 0. The Morgan fingerprint density at radius 1 is 0.862 bits per heavy atom. The third kappa shape index (κ3) is 4.02. The van der Waals surface area contributed by atoms with Crippen molar-refractivity contribution in [3.8, 4) is 0 Å². The molecule has 150 valence electrons. The maximum atomic E-state index is 4.96. The SMILES string of the molecule is c1ccc(Cn2ccnc2[C@@H]2CCCN(c3nccc(C4CCCC4)n3)C2)nc1. The molecule has 2 aliphatic rings. The van der Waals surface area contributed by atoms with E-state index in [4.69, 9.17) is 9.97 Å². The lowest BCUT2D eigenvalue weighted by atomic mass is 9.97. The lowest BCUT2D eigenvalue weighted by molar-refractivity contribution is 0.470. The molecule has 1 saturated carbocycles. The van der Waals surface area contributed by atoms with E-state index in [1.54, 1.807) is 0 Å². The van der Waals surface area contributed by atoms with Crippen LogP contribution in [0.2, 0.25) is 0 Å². The number of pyridine rings is 1. The number of piperidine rings is 1. The molecule has 1 saturated heterocycles. The second-order valence-corrected chi connectivity index (χ2v) is 8.28. The fourth-order valence-electron chi connectivity index (χ4n) is 4.81. The van der Waals surface area contributed by atoms with E-state index in [0.717, 1.165) is 49.9 Å². The van der Waals surface area contributed by atoms with Crippen molar-refractivity contribution in [1.29, 1.82) is 0 Å². The zero-order valence-corrected chi connectivity index (χ0v) is 16.8. The molecule has 0 unspecified atom stereocenters. The first-order valence-corrected chi connectivity index (χ1v) is 10.9. The van der Waals surface area contributed by atoms with E-state index in [1.165, 1.54) is 31.4 Å². The van der Waals surface area contributed by atoms with Crippen LogP contribution >= 0.6 is 0 Å². The summed E-state index contributed by atoms with van der Waals surface area (Å²) in [5.41, 5.74) is 2.29. The average molecular weight is 389 g/mol. The Balaban J connectivity index is 1.33. The van der Waals surface area contributed by atoms with E-state index in [0.29, 0.717) is 11.8 Å². The fraction of sp³-hybridized carbons (Fsp3) is 0.478. The zero-order valence-electron chi connectivity index (χ0n) is 16.8. The minimum atomic E-state index is 0.390. The van der Waals surface area contributed by atoms with E-state index in [1.807, 2.05) is 30.7 Å². The van der Waals surface area contributed by atoms with Crippen LogP contribution in [0.15, 0.2) is 49.1 Å². The number of imidazole rings is 1. The Labute approximate surface area is 172 Å². The third-order valence-corrected chi connectivity index (χ3v) is 6.31. The minimum Gasteiger partial charge on any atom is -0.340 e. The van der Waals surface area contributed by atoms with Crippen molar-refractivity contribution in [2.24, 2.45) is 0 Å². The number of anilines is 1. The predicted molar refractivity (Wildman–Crippen MR) is 113 cm³/mol. The van der Waals surface area contributed by atoms with Crippen molar-refractivity contribution in [3.05, 3.63) is 66.3 Å². The van der Waals surface area contributed by atoms with Gasteiger partial charge in [-0.15, -0.1) is 0 Å². The molecule has 4 heterocycles. The molecular weight excluding hydrogens is 360 g/mol. The molecule has 0 radical (unpaired) electrons. The van der Waals surface area contributed by atoms with Crippen molar-refractivity contribution >= 4 is 5.95 Å². The van der Waals surface area contributed by atoms with Crippen molar-refractivity contribution in [2.45, 2.75) is 56.9 Å². The zero-order chi connectivity index (χ0) is 19.5. The largest absolute Gasteiger partial charge is 0.340 e. The van der Waals surface area contributed by atoms with Gasteiger partial charge in [0.15, 0.2) is 0 Å². The molecule has 0 N–H and O–H groups in total. The fourth-order valence-corrected chi connectivity index (χ4v) is 4.81. The molecule has 29 heavy (non-hydrogen) atoms. The quantitative estimate of drug-likeness (QED) is 0.657. The highest BCUT2D eigenvalue weighted by Gasteiger charge is 2.27. The first kappa shape index (κ1) is 18.3. The molecule has 5 rings (SSSR count). The lowest BCUT2D eigenvalue weighted by Gasteiger charge is -2.33. The van der Waals surface area contributed by atoms with Crippen LogP contribution in [0.1, 0.15) is 67.6 Å². The van der Waals surface area contributed by atoms with E-state index < -0.39 is 0 Å². The maximum Gasteiger partial charge on any atom is 0.225 e. The molecule has 2 fully saturated rings. The topological polar surface area (TPSA) is 59.7 Å². The smallest absolute Gasteiger partial charge is 0.225 e. The number of nitrogens with zero attached hydrogens (tertiary/aromatic N) is 6. The number of hydrogen-bond donors (Lipinski definition) is 0. The van der Waals surface area contributed by atoms with Crippen LogP contribution in [0.4, 0.5) is 5.95 Å². The van der Waals surface area contributed by atoms with Gasteiger partial charge in [0, 0.05) is 55.4 Å². The Hall–Kier alpha value is -2.76. The monoisotopic (exact) mass is 388 g/mol. The average Bonchev–Trinajstić information content (AvgIpc) is 3.47. The van der Waals surface area contributed by atoms with Gasteiger partial charge in [0.2, 0.25) is 5.95 Å². The van der Waals surface area contributed by atoms with Crippen molar-refractivity contribution in [3.63, 3.8) is 0 Å². The summed E-state index contributed by atoms with van der Waals surface area (Å²) in [7, 11) is 0. The number of aromatic nitrogens is 5. The van der Waals surface area contributed by atoms with E-state index in [2.05, 4.69) is 37.8 Å². The van der Waals surface area contributed by atoms with Gasteiger partial charge in [-0.3, -0.25) is 4.98 Å². The Bertz CT molecular complexity index is 931. The molecule has 0 spiro atoms. The third-order valence-electron chi connectivity index (χ3n) is 6.31. The summed E-state index contributed by atoms with van der Waals surface area (Å²) < 4.78 is 2.24. The molecule has 3 aromatic heterocycles. The molecule has 0 bridgehead atoms. The Morgan fingerprint density at radius 2 is 1.76 bits per heavy atom. The standard InChI is InChI=1S/C23H28N6/c1-2-7-18(6-1)21-10-12-26-23(27-21)29-14-5-8-19(16-29)22-25-13-15-28(22)17-20-9-3-4-11-24-20/h3-4,9-13,15,18-19H,1-2,5-8,14,16-17H2/t19-/m1/s1. The molecule has 6 nitrogen and oxygen atoms in total. The molecule has 6 heteroatoms. The first-order chi connectivity index (χ1) is 14.4. The van der Waals surface area contributed by atoms with Crippen LogP contribution in [0.25, 0.3) is 0 Å². The van der Waals surface area contributed by atoms with Gasteiger partial charge >= 0.3 is 0 Å². The summed E-state index contributed by atoms with van der Waals surface area (Å²) in [6.07, 6.45) is 15.3. The highest BCUT2D eigenvalue weighted by molar-refractivity contribution is 5.33. The summed E-state index contributed by atoms with van der Waals surface area (Å²) in [5, 5.41) is 0. The van der Waals surface area contributed by atoms with Crippen molar-refractivity contribution in [2.75, 3.05) is 18.0 Å². The van der Waals surface area contributed by atoms with Crippen LogP contribution in [0.5, 0.6) is 0 Å². The lowest BCUT2D eigenvalue weighted by Crippen LogP contribution is -2.36. The summed E-state index contributed by atoms with van der Waals surface area (Å²) in [4.78, 5) is 21.1. The van der Waals surface area contributed by atoms with Crippen molar-refractivity contribution in [1.82, 2.24) is 24.5 Å². The van der Waals surface area contributed by atoms with Gasteiger partial charge in [-0.05, 0) is 43.9 Å². The van der Waals surface area contributed by atoms with Crippen LogP contribution < -0.4 is 4.90 Å². The van der Waals surface area contributed by atoms with Gasteiger partial charge in [0.05, 0.1) is 12.2 Å². The first-order valence-electron chi connectivity index (χ1n) is 10.9. The van der Waals surface area contributed by atoms with E-state index in [9.17, 15) is 0 Å². The molecule has 0 aromatic carbocycles. The van der Waals surface area contributed by atoms with Crippen LogP contribution in [0.3, 0.4) is 0 Å². The molecule has 0 amide bonds. The number of rotatable bonds is 5. The van der Waals surface area contributed by atoms with Crippen LogP contribution in [-0.4, -0.2) is 37.6 Å². The highest BCUT2D eigenvalue weighted by Crippen LogP contribution is 2.34. The summed E-state index contributed by atoms with van der Waals surface area (Å²) in [6.45, 7) is 2.71. The minimum absolute atomic E-state index is 0.390. The van der Waals surface area contributed by atoms with E-state index >= 15 is 0 Å². The Morgan fingerprint density at radius 3 is 2.62 bits per heavy atom. The van der Waals surface area contributed by atoms with Crippen LogP contribution in [-0.2, 0) is 6.54 Å². The van der Waals surface area contributed by atoms with E-state index in [-0.39, 0.29) is 0 Å². The second-order valence-electron chi connectivity index (χ2n) is 8.28. The normalized spacial score (nSPS) is 20.3. The van der Waals surface area contributed by atoms with Gasteiger partial charge in [0.1, 0.15) is 5.82 Å². The summed E-state index contributed by atoms with van der Waals surface area (Å²) in [6, 6.07) is 8.17. The molecule has 1 aliphatic heterocycles. The van der Waals surface area contributed by atoms with Gasteiger partial charge in [-0.2, -0.15) is 0 Å². The molecule has 1 aliphatic carbocycles. The molecular formula is C23H28N6. The van der Waals surface area contributed by atoms with Gasteiger partial charge < -0.3 is 9.47 Å². The van der Waals surface area contributed by atoms with Gasteiger partial charge in [0.25, 0.3) is 0 Å². The highest BCUT2D eigenvalue weighted by atomic mass is 15.3. The predicted octanol–water partition coefficient (Wildman–Crippen LogP) is 4.16. The maximum absolute atomic E-state index is 4.96. The number of hydrogen-bond acceptors (Lipinski definition) is 5. The van der Waals surface area contributed by atoms with Gasteiger partial charge in [-0.1, -0.05) is 18.9 Å². The Kier molecular flexibility index (Phi) is 5.24. The van der Waals surface area contributed by atoms with Crippen molar-refractivity contribution < 1.29 is 0 Å². The molecule has 3 aromatic rings. The van der Waals surface area contributed by atoms with Gasteiger partial charge in [-0.25, -0.2) is 15.0 Å². The summed E-state index contributed by atoms with van der Waals surface area (Å²) in [5.74, 6) is 3.05. The second kappa shape index (κ2) is 8.31. The molecule has 1 atom stereocenters.